The van der Waals surface area contributed by atoms with Crippen molar-refractivity contribution >= 4 is 0 Å². The minimum Gasteiger partial charge on any atom is -0.357 e. The van der Waals surface area contributed by atoms with Crippen LogP contribution in [0.5, 0.6) is 0 Å². The van der Waals surface area contributed by atoms with Crippen molar-refractivity contribution in [2.75, 3.05) is 6.54 Å². The van der Waals surface area contributed by atoms with Crippen LogP contribution in [0.2, 0.25) is 0 Å². The average molecular weight is 258 g/mol. The summed E-state index contributed by atoms with van der Waals surface area (Å²) in [6.07, 6.45) is 13.4. The molecule has 0 aliphatic heterocycles. The third-order valence-electron chi connectivity index (χ3n) is 6.32. The van der Waals surface area contributed by atoms with Crippen LogP contribution < -0.4 is 5.73 Å². The molecule has 1 heterocycles. The largest absolute Gasteiger partial charge is 0.357 e. The van der Waals surface area contributed by atoms with Gasteiger partial charge in [0.1, 0.15) is 0 Å². The van der Waals surface area contributed by atoms with Crippen LogP contribution >= 0.6 is 0 Å². The van der Waals surface area contributed by atoms with E-state index in [9.17, 15) is 0 Å². The van der Waals surface area contributed by atoms with Crippen molar-refractivity contribution in [2.45, 2.75) is 44.4 Å². The fraction of sp³-hybridized carbons (Fsp3) is 0.765. The maximum atomic E-state index is 6.23. The van der Waals surface area contributed by atoms with Crippen molar-refractivity contribution in [3.63, 3.8) is 0 Å². The van der Waals surface area contributed by atoms with E-state index in [1.54, 1.807) is 0 Å². The van der Waals surface area contributed by atoms with Crippen LogP contribution in [-0.4, -0.2) is 11.1 Å². The Morgan fingerprint density at radius 3 is 2.21 bits per heavy atom. The molecule has 4 aliphatic carbocycles. The third-order valence-corrected chi connectivity index (χ3v) is 6.32. The molecule has 2 heteroatoms. The third kappa shape index (κ3) is 1.79. The summed E-state index contributed by atoms with van der Waals surface area (Å²) >= 11 is 0. The second kappa shape index (κ2) is 4.12. The van der Waals surface area contributed by atoms with Gasteiger partial charge in [-0.25, -0.2) is 0 Å². The van der Waals surface area contributed by atoms with Gasteiger partial charge in [-0.15, -0.1) is 0 Å². The maximum absolute atomic E-state index is 6.23. The molecule has 0 spiro atoms. The zero-order valence-corrected chi connectivity index (χ0v) is 12.0. The van der Waals surface area contributed by atoms with Gasteiger partial charge in [0.2, 0.25) is 0 Å². The van der Waals surface area contributed by atoms with E-state index in [1.807, 2.05) is 0 Å². The minimum absolute atomic E-state index is 0.546. The van der Waals surface area contributed by atoms with Crippen LogP contribution in [0.1, 0.15) is 50.0 Å². The quantitative estimate of drug-likeness (QED) is 0.886. The van der Waals surface area contributed by atoms with Crippen molar-refractivity contribution < 1.29 is 0 Å². The van der Waals surface area contributed by atoms with Gasteiger partial charge < -0.3 is 10.3 Å². The topological polar surface area (TPSA) is 30.9 Å². The number of rotatable bonds is 3. The van der Waals surface area contributed by atoms with Gasteiger partial charge in [-0.05, 0) is 79.9 Å². The van der Waals surface area contributed by atoms with Gasteiger partial charge in [-0.3, -0.25) is 0 Å². The van der Waals surface area contributed by atoms with E-state index < -0.39 is 0 Å². The monoisotopic (exact) mass is 258 g/mol. The van der Waals surface area contributed by atoms with Crippen molar-refractivity contribution in [1.29, 1.82) is 0 Å². The van der Waals surface area contributed by atoms with E-state index in [0.717, 1.165) is 24.3 Å². The summed E-state index contributed by atoms with van der Waals surface area (Å²) in [5.41, 5.74) is 8.27. The highest BCUT2D eigenvalue weighted by molar-refractivity contribution is 5.22. The molecule has 0 amide bonds. The molecule has 2 N–H and O–H groups in total. The number of nitrogens with zero attached hydrogens (tertiary/aromatic N) is 1. The highest BCUT2D eigenvalue weighted by Crippen LogP contribution is 2.64. The lowest BCUT2D eigenvalue weighted by molar-refractivity contribution is -0.0671. The number of nitrogens with two attached hydrogens (primary N) is 1. The van der Waals surface area contributed by atoms with E-state index in [4.69, 9.17) is 5.73 Å². The molecule has 0 saturated heterocycles. The summed E-state index contributed by atoms with van der Waals surface area (Å²) in [6.45, 7) is 0.830. The average Bonchev–Trinajstić information content (AvgIpc) is 2.74. The van der Waals surface area contributed by atoms with Crippen LogP contribution in [0.25, 0.3) is 0 Å². The molecule has 4 saturated carbocycles. The van der Waals surface area contributed by atoms with Gasteiger partial charge in [0, 0.05) is 25.4 Å². The lowest BCUT2D eigenvalue weighted by Crippen LogP contribution is -2.50. The van der Waals surface area contributed by atoms with Gasteiger partial charge in [-0.1, -0.05) is 0 Å². The Hall–Kier alpha value is -0.760. The fourth-order valence-corrected chi connectivity index (χ4v) is 6.08. The first-order chi connectivity index (χ1) is 9.18. The Morgan fingerprint density at radius 1 is 1.21 bits per heavy atom. The molecule has 4 fully saturated rings. The Morgan fingerprint density at radius 2 is 1.79 bits per heavy atom. The van der Waals surface area contributed by atoms with E-state index in [1.165, 1.54) is 44.1 Å². The van der Waals surface area contributed by atoms with Crippen LogP contribution in [0.15, 0.2) is 18.5 Å². The Bertz CT molecular complexity index is 438. The zero-order chi connectivity index (χ0) is 13.0. The van der Waals surface area contributed by atoms with Gasteiger partial charge in [-0.2, -0.15) is 0 Å². The van der Waals surface area contributed by atoms with Gasteiger partial charge in [0.05, 0.1) is 0 Å². The minimum atomic E-state index is 0.546. The first kappa shape index (κ1) is 12.0. The predicted octanol–water partition coefficient (Wildman–Crippen LogP) is 3.28. The van der Waals surface area contributed by atoms with Crippen LogP contribution in [-0.2, 0) is 7.05 Å². The number of aryl methyl sites for hydroxylation is 1. The highest BCUT2D eigenvalue weighted by atomic mass is 14.9. The first-order valence-electron chi connectivity index (χ1n) is 8.00. The lowest BCUT2D eigenvalue weighted by atomic mass is 9.46. The van der Waals surface area contributed by atoms with E-state index in [-0.39, 0.29) is 0 Å². The normalized spacial score (nSPS) is 41.7. The standard InChI is InChI=1S/C17H26N2/c1-19-3-2-15(11-19)16(10-18)17-7-12-4-13(8-17)6-14(5-12)9-17/h2-3,11-14,16H,4-10,18H2,1H3. The van der Waals surface area contributed by atoms with Crippen LogP contribution in [0.4, 0.5) is 0 Å². The summed E-state index contributed by atoms with van der Waals surface area (Å²) in [6, 6.07) is 2.30. The Balaban J connectivity index is 1.69. The predicted molar refractivity (Wildman–Crippen MR) is 77.8 cm³/mol. The molecule has 1 atom stereocenters. The van der Waals surface area contributed by atoms with E-state index in [2.05, 4.69) is 30.1 Å². The van der Waals surface area contributed by atoms with Crippen molar-refractivity contribution in [2.24, 2.45) is 36.0 Å². The molecule has 4 aliphatic rings. The Labute approximate surface area is 116 Å². The number of hydrogen-bond donors (Lipinski definition) is 1. The molecule has 104 valence electrons. The van der Waals surface area contributed by atoms with E-state index >= 15 is 0 Å². The molecule has 2 nitrogen and oxygen atoms in total. The number of aromatic nitrogens is 1. The smallest absolute Gasteiger partial charge is 0.0106 e. The van der Waals surface area contributed by atoms with E-state index in [0.29, 0.717) is 11.3 Å². The molecule has 1 aromatic rings. The van der Waals surface area contributed by atoms with Crippen LogP contribution in [0, 0.1) is 23.2 Å². The summed E-state index contributed by atoms with van der Waals surface area (Å²) in [4.78, 5) is 0. The van der Waals surface area contributed by atoms with Crippen molar-refractivity contribution in [1.82, 2.24) is 4.57 Å². The van der Waals surface area contributed by atoms with Crippen LogP contribution in [0.3, 0.4) is 0 Å². The molecule has 4 bridgehead atoms. The van der Waals surface area contributed by atoms with Gasteiger partial charge in [0.25, 0.3) is 0 Å². The van der Waals surface area contributed by atoms with Gasteiger partial charge >= 0.3 is 0 Å². The van der Waals surface area contributed by atoms with Crippen molar-refractivity contribution in [3.05, 3.63) is 24.0 Å². The molecular formula is C17H26N2. The molecular weight excluding hydrogens is 232 g/mol. The van der Waals surface area contributed by atoms with Crippen molar-refractivity contribution in [3.8, 4) is 0 Å². The second-order valence-corrected chi connectivity index (χ2v) is 7.68. The zero-order valence-electron chi connectivity index (χ0n) is 12.0. The Kier molecular flexibility index (Phi) is 2.60. The summed E-state index contributed by atoms with van der Waals surface area (Å²) < 4.78 is 2.18. The number of hydrogen-bond acceptors (Lipinski definition) is 1. The first-order valence-corrected chi connectivity index (χ1v) is 8.00. The molecule has 0 radical (unpaired) electrons. The highest BCUT2D eigenvalue weighted by Gasteiger charge is 2.54. The fourth-order valence-electron chi connectivity index (χ4n) is 6.08. The second-order valence-electron chi connectivity index (χ2n) is 7.68. The van der Waals surface area contributed by atoms with Gasteiger partial charge in [0.15, 0.2) is 0 Å². The molecule has 19 heavy (non-hydrogen) atoms. The summed E-state index contributed by atoms with van der Waals surface area (Å²) in [5, 5.41) is 0. The molecule has 1 aromatic heterocycles. The SMILES string of the molecule is Cn1ccc(C(CN)C23CC4CC(CC(C4)C2)C3)c1. The summed E-state index contributed by atoms with van der Waals surface area (Å²) in [7, 11) is 2.12. The lowest BCUT2D eigenvalue weighted by Gasteiger charge is -2.59. The molecule has 1 unspecified atom stereocenters. The molecule has 0 aromatic carbocycles. The molecule has 5 rings (SSSR count). The maximum Gasteiger partial charge on any atom is 0.0106 e. The summed E-state index contributed by atoms with van der Waals surface area (Å²) in [5.74, 6) is 3.65.